The monoisotopic (exact) mass is 482 g/mol. The van der Waals surface area contributed by atoms with Crippen molar-refractivity contribution in [3.8, 4) is 11.5 Å². The molecule has 10 heteroatoms. The Kier molecular flexibility index (Phi) is 7.13. The molecule has 4 aromatic rings. The van der Waals surface area contributed by atoms with Gasteiger partial charge < -0.3 is 15.4 Å². The van der Waals surface area contributed by atoms with E-state index in [1.54, 1.807) is 36.8 Å². The first-order chi connectivity index (χ1) is 17.6. The lowest BCUT2D eigenvalue weighted by Gasteiger charge is -2.22. The third-order valence-corrected chi connectivity index (χ3v) is 5.66. The molecule has 2 N–H and O–H groups in total. The highest BCUT2D eigenvalue weighted by molar-refractivity contribution is 5.87. The van der Waals surface area contributed by atoms with Crippen LogP contribution in [0.5, 0.6) is 0 Å². The zero-order valence-electron chi connectivity index (χ0n) is 19.9. The molecule has 1 saturated heterocycles. The van der Waals surface area contributed by atoms with Gasteiger partial charge in [0.1, 0.15) is 35.0 Å². The molecule has 0 bridgehead atoms. The number of aromatic nitrogens is 6. The lowest BCUT2D eigenvalue weighted by molar-refractivity contribution is 0.0238. The van der Waals surface area contributed by atoms with Crippen molar-refractivity contribution in [3.63, 3.8) is 0 Å². The average Bonchev–Trinajstić information content (AvgIpc) is 2.90. The molecule has 5 rings (SSSR count). The van der Waals surface area contributed by atoms with Gasteiger partial charge in [0.15, 0.2) is 5.82 Å². The molecule has 0 unspecified atom stereocenters. The number of hydrogen-bond acceptors (Lipinski definition) is 10. The molecule has 10 nitrogen and oxygen atoms in total. The van der Waals surface area contributed by atoms with E-state index < -0.39 is 5.97 Å². The van der Waals surface area contributed by atoms with E-state index in [9.17, 15) is 4.79 Å². The molecule has 0 saturated carbocycles. The lowest BCUT2D eigenvalue weighted by atomic mass is 10.1. The smallest absolute Gasteiger partial charge is 0.357 e. The van der Waals surface area contributed by atoms with Crippen molar-refractivity contribution in [2.45, 2.75) is 32.3 Å². The van der Waals surface area contributed by atoms with E-state index in [0.29, 0.717) is 47.6 Å². The van der Waals surface area contributed by atoms with Crippen LogP contribution in [-0.4, -0.2) is 55.1 Å². The van der Waals surface area contributed by atoms with Crippen LogP contribution in [-0.2, 0) is 11.2 Å². The normalized spacial score (nSPS) is 15.3. The van der Waals surface area contributed by atoms with Crippen molar-refractivity contribution in [3.05, 3.63) is 83.8 Å². The number of nitrogens with zero attached hydrogens (tertiary/aromatic N) is 6. The minimum atomic E-state index is -0.400. The number of aryl methyl sites for hydroxylation is 1. The van der Waals surface area contributed by atoms with Gasteiger partial charge >= 0.3 is 5.97 Å². The Balaban J connectivity index is 1.23. The fraction of sp³-hybridized carbons (Fsp3) is 0.269. The van der Waals surface area contributed by atoms with Gasteiger partial charge in [0, 0.05) is 37.3 Å². The molecule has 0 aromatic carbocycles. The van der Waals surface area contributed by atoms with Crippen molar-refractivity contribution in [1.29, 1.82) is 0 Å². The molecule has 1 atom stereocenters. The molecule has 0 spiro atoms. The lowest BCUT2D eigenvalue weighted by Crippen LogP contribution is -2.36. The van der Waals surface area contributed by atoms with Gasteiger partial charge in [0.05, 0.1) is 0 Å². The molecular formula is C26H26N8O2. The van der Waals surface area contributed by atoms with Gasteiger partial charge in [-0.1, -0.05) is 12.1 Å². The molecule has 0 radical (unpaired) electrons. The highest BCUT2D eigenvalue weighted by atomic mass is 16.5. The number of carbonyl (C=O) groups excluding carboxylic acids is 1. The van der Waals surface area contributed by atoms with Gasteiger partial charge in [-0.2, -0.15) is 0 Å². The topological polar surface area (TPSA) is 128 Å². The minimum Gasteiger partial charge on any atom is -0.456 e. The van der Waals surface area contributed by atoms with Crippen molar-refractivity contribution in [1.82, 2.24) is 35.2 Å². The first kappa shape index (κ1) is 23.4. The Hall–Kier alpha value is -4.31. The Morgan fingerprint density at radius 1 is 1.03 bits per heavy atom. The van der Waals surface area contributed by atoms with Crippen LogP contribution >= 0.6 is 0 Å². The molecule has 1 aliphatic rings. The summed E-state index contributed by atoms with van der Waals surface area (Å²) in [6.45, 7) is 3.58. The number of carbonyl (C=O) groups is 1. The van der Waals surface area contributed by atoms with Crippen LogP contribution in [0.3, 0.4) is 0 Å². The van der Waals surface area contributed by atoms with Crippen molar-refractivity contribution < 1.29 is 9.53 Å². The maximum Gasteiger partial charge on any atom is 0.357 e. The number of nitrogens with one attached hydrogen (secondary N) is 2. The zero-order valence-corrected chi connectivity index (χ0v) is 19.9. The van der Waals surface area contributed by atoms with E-state index >= 15 is 0 Å². The number of hydrogen-bond donors (Lipinski definition) is 2. The summed E-state index contributed by atoms with van der Waals surface area (Å²) in [5.41, 5.74) is 2.79. The Morgan fingerprint density at radius 2 is 1.89 bits per heavy atom. The van der Waals surface area contributed by atoms with Gasteiger partial charge in [0.2, 0.25) is 0 Å². The molecule has 0 amide bonds. The van der Waals surface area contributed by atoms with Crippen LogP contribution in [0.25, 0.3) is 11.5 Å². The molecule has 0 aliphatic carbocycles. The Bertz CT molecular complexity index is 1340. The van der Waals surface area contributed by atoms with Crippen LogP contribution in [0.4, 0.5) is 11.6 Å². The van der Waals surface area contributed by atoms with E-state index in [4.69, 9.17) is 4.74 Å². The summed E-state index contributed by atoms with van der Waals surface area (Å²) in [7, 11) is 0. The predicted octanol–water partition coefficient (Wildman–Crippen LogP) is 3.28. The van der Waals surface area contributed by atoms with Gasteiger partial charge in [-0.05, 0) is 62.2 Å². The molecule has 1 fully saturated rings. The largest absolute Gasteiger partial charge is 0.456 e. The molecule has 36 heavy (non-hydrogen) atoms. The molecule has 1 aliphatic heterocycles. The predicted molar refractivity (Wildman–Crippen MR) is 134 cm³/mol. The van der Waals surface area contributed by atoms with Crippen molar-refractivity contribution in [2.24, 2.45) is 0 Å². The first-order valence-electron chi connectivity index (χ1n) is 11.8. The maximum absolute atomic E-state index is 12.4. The number of rotatable bonds is 7. The van der Waals surface area contributed by atoms with E-state index in [1.807, 2.05) is 31.2 Å². The summed E-state index contributed by atoms with van der Waals surface area (Å²) in [6, 6.07) is 12.8. The highest BCUT2D eigenvalue weighted by Gasteiger charge is 2.19. The minimum absolute atomic E-state index is 0.101. The van der Waals surface area contributed by atoms with E-state index in [2.05, 4.69) is 40.5 Å². The first-order valence-corrected chi connectivity index (χ1v) is 11.8. The Labute approximate surface area is 208 Å². The number of piperidine rings is 1. The van der Waals surface area contributed by atoms with Gasteiger partial charge in [-0.15, -0.1) is 0 Å². The van der Waals surface area contributed by atoms with Crippen LogP contribution in [0, 0.1) is 6.92 Å². The standard InChI is InChI=1S/C26H26N8O2/c1-17-4-2-6-20(31-17)25-29-13-10-23(34-25)32-22-9-12-28-24(33-22)14-18-7-8-21(30-15-18)26(35)36-19-5-3-11-27-16-19/h2,4,6-10,12-13,15,19,27H,3,5,11,14,16H2,1H3,(H,28,29,32,33,34)/t19-/m1/s1. The number of esters is 1. The quantitative estimate of drug-likeness (QED) is 0.379. The van der Waals surface area contributed by atoms with Crippen molar-refractivity contribution >= 4 is 17.6 Å². The summed E-state index contributed by atoms with van der Waals surface area (Å²) >= 11 is 0. The van der Waals surface area contributed by atoms with E-state index in [1.165, 1.54) is 0 Å². The van der Waals surface area contributed by atoms with Crippen LogP contribution in [0.15, 0.2) is 61.1 Å². The number of anilines is 2. The van der Waals surface area contributed by atoms with Crippen LogP contribution in [0.1, 0.15) is 40.4 Å². The Morgan fingerprint density at radius 3 is 2.67 bits per heavy atom. The van der Waals surface area contributed by atoms with Crippen molar-refractivity contribution in [2.75, 3.05) is 18.4 Å². The fourth-order valence-electron chi connectivity index (χ4n) is 3.87. The van der Waals surface area contributed by atoms with Gasteiger partial charge in [0.25, 0.3) is 0 Å². The second-order valence-corrected chi connectivity index (χ2v) is 8.51. The number of pyridine rings is 2. The second kappa shape index (κ2) is 11.0. The SMILES string of the molecule is Cc1cccc(-c2nccc(Nc3ccnc(Cc4ccc(C(=O)O[C@@H]5CCCNC5)nc4)n3)n2)n1. The second-order valence-electron chi connectivity index (χ2n) is 8.51. The molecule has 4 aromatic heterocycles. The summed E-state index contributed by atoms with van der Waals surface area (Å²) < 4.78 is 5.54. The van der Waals surface area contributed by atoms with Crippen LogP contribution < -0.4 is 10.6 Å². The van der Waals surface area contributed by atoms with E-state index in [-0.39, 0.29) is 6.10 Å². The highest BCUT2D eigenvalue weighted by Crippen LogP contribution is 2.17. The zero-order chi connectivity index (χ0) is 24.7. The summed E-state index contributed by atoms with van der Waals surface area (Å²) in [6.07, 6.45) is 7.26. The summed E-state index contributed by atoms with van der Waals surface area (Å²) in [4.78, 5) is 39.0. The maximum atomic E-state index is 12.4. The number of ether oxygens (including phenoxy) is 1. The van der Waals surface area contributed by atoms with Gasteiger partial charge in [-0.25, -0.2) is 34.7 Å². The van der Waals surface area contributed by atoms with Crippen LogP contribution in [0.2, 0.25) is 0 Å². The van der Waals surface area contributed by atoms with E-state index in [0.717, 1.165) is 30.6 Å². The third kappa shape index (κ3) is 6.02. The molecular weight excluding hydrogens is 456 g/mol. The third-order valence-electron chi connectivity index (χ3n) is 5.66. The molecule has 182 valence electrons. The summed E-state index contributed by atoms with van der Waals surface area (Å²) in [5.74, 6) is 1.95. The average molecular weight is 483 g/mol. The fourth-order valence-corrected chi connectivity index (χ4v) is 3.87. The summed E-state index contributed by atoms with van der Waals surface area (Å²) in [5, 5.41) is 6.44. The molecule has 5 heterocycles. The van der Waals surface area contributed by atoms with Gasteiger partial charge in [-0.3, -0.25) is 0 Å².